The van der Waals surface area contributed by atoms with Gasteiger partial charge in [0.05, 0.1) is 18.8 Å². The van der Waals surface area contributed by atoms with E-state index < -0.39 is 42.7 Å². The van der Waals surface area contributed by atoms with Crippen LogP contribution >= 0.6 is 11.6 Å². The van der Waals surface area contributed by atoms with Crippen LogP contribution in [0.3, 0.4) is 0 Å². The van der Waals surface area contributed by atoms with E-state index >= 15 is 0 Å². The molecule has 2 aromatic rings. The minimum Gasteiger partial charge on any atom is -0.394 e. The van der Waals surface area contributed by atoms with Crippen molar-refractivity contribution in [2.75, 3.05) is 6.61 Å². The maximum atomic E-state index is 14.2. The number of benzene rings is 2. The van der Waals surface area contributed by atoms with Crippen molar-refractivity contribution in [3.63, 3.8) is 0 Å². The molecule has 0 amide bonds. The van der Waals surface area contributed by atoms with Gasteiger partial charge < -0.3 is 20.1 Å². The second-order valence-corrected chi connectivity index (χ2v) is 7.28. The summed E-state index contributed by atoms with van der Waals surface area (Å²) >= 11 is 6.21. The summed E-state index contributed by atoms with van der Waals surface area (Å²) in [5.41, 5.74) is 1.58. The van der Waals surface area contributed by atoms with Gasteiger partial charge in [0.1, 0.15) is 23.8 Å². The quantitative estimate of drug-likeness (QED) is 0.686. The van der Waals surface area contributed by atoms with Crippen molar-refractivity contribution in [1.82, 2.24) is 0 Å². The molecule has 1 aliphatic heterocycles. The van der Waals surface area contributed by atoms with E-state index in [0.717, 1.165) is 0 Å². The number of aliphatic hydroxyl groups is 3. The van der Waals surface area contributed by atoms with Crippen LogP contribution in [0.2, 0.25) is 5.02 Å². The van der Waals surface area contributed by atoms with Gasteiger partial charge in [0.25, 0.3) is 0 Å². The Hall–Kier alpha value is -1.57. The number of hydrogen-bond acceptors (Lipinski definition) is 4. The van der Waals surface area contributed by atoms with E-state index in [1.807, 2.05) is 13.8 Å². The lowest BCUT2D eigenvalue weighted by Gasteiger charge is -2.36. The monoisotopic (exact) mass is 428 g/mol. The van der Waals surface area contributed by atoms with Crippen molar-refractivity contribution < 1.29 is 28.8 Å². The van der Waals surface area contributed by atoms with Gasteiger partial charge in [0.15, 0.2) is 0 Å². The van der Waals surface area contributed by atoms with Crippen molar-refractivity contribution in [1.29, 1.82) is 0 Å². The lowest BCUT2D eigenvalue weighted by Crippen LogP contribution is -2.47. The van der Waals surface area contributed by atoms with Crippen molar-refractivity contribution in [3.05, 3.63) is 69.2 Å². The zero-order valence-corrected chi connectivity index (χ0v) is 17.5. The molecule has 0 radical (unpaired) electrons. The highest BCUT2D eigenvalue weighted by Crippen LogP contribution is 2.34. The zero-order chi connectivity index (χ0) is 21.7. The molecule has 1 heterocycles. The number of ether oxygens (including phenoxy) is 1. The van der Waals surface area contributed by atoms with Crippen LogP contribution in [0.4, 0.5) is 8.78 Å². The first-order valence-electron chi connectivity index (χ1n) is 9.65. The predicted molar refractivity (Wildman–Crippen MR) is 108 cm³/mol. The van der Waals surface area contributed by atoms with Crippen LogP contribution < -0.4 is 0 Å². The fourth-order valence-electron chi connectivity index (χ4n) is 3.34. The van der Waals surface area contributed by atoms with Crippen molar-refractivity contribution >= 4 is 11.6 Å². The summed E-state index contributed by atoms with van der Waals surface area (Å²) < 4.78 is 34.0. The Bertz CT molecular complexity index is 807. The van der Waals surface area contributed by atoms with E-state index in [1.54, 1.807) is 25.1 Å². The molecule has 1 fully saturated rings. The van der Waals surface area contributed by atoms with Crippen molar-refractivity contribution in [3.8, 4) is 0 Å². The molecule has 29 heavy (non-hydrogen) atoms. The summed E-state index contributed by atoms with van der Waals surface area (Å²) in [6.45, 7) is 5.18. The molecule has 160 valence electrons. The molecule has 0 unspecified atom stereocenters. The molecule has 0 saturated carbocycles. The van der Waals surface area contributed by atoms with E-state index in [4.69, 9.17) is 16.3 Å². The molecule has 3 N–H and O–H groups in total. The van der Waals surface area contributed by atoms with Gasteiger partial charge in [-0.2, -0.15) is 0 Å². The van der Waals surface area contributed by atoms with Gasteiger partial charge in [0.2, 0.25) is 0 Å². The number of aliphatic hydroxyl groups excluding tert-OH is 3. The first kappa shape index (κ1) is 23.7. The maximum absolute atomic E-state index is 14.2. The summed E-state index contributed by atoms with van der Waals surface area (Å²) in [6, 6.07) is 7.50. The lowest BCUT2D eigenvalue weighted by atomic mass is 9.92. The highest BCUT2D eigenvalue weighted by atomic mass is 35.5. The number of aryl methyl sites for hydroxylation is 1. The SMILES string of the molecule is CC.Cc1cc(F)c(Cc2cc([C@H]3C[C@@H](O)[C@H](O)[C@@H](CO)O3)ccc2Cl)c(F)c1. The number of hydrogen-bond donors (Lipinski definition) is 3. The molecule has 0 aliphatic carbocycles. The third kappa shape index (κ3) is 5.53. The Morgan fingerprint density at radius 1 is 1.10 bits per heavy atom. The van der Waals surface area contributed by atoms with Gasteiger partial charge in [-0.1, -0.05) is 37.6 Å². The third-order valence-electron chi connectivity index (χ3n) is 4.84. The molecule has 0 bridgehead atoms. The van der Waals surface area contributed by atoms with Crippen LogP contribution in [0.25, 0.3) is 0 Å². The zero-order valence-electron chi connectivity index (χ0n) is 16.7. The van der Waals surface area contributed by atoms with Crippen LogP contribution in [0.1, 0.15) is 48.6 Å². The summed E-state index contributed by atoms with van der Waals surface area (Å²) in [7, 11) is 0. The summed E-state index contributed by atoms with van der Waals surface area (Å²) in [5, 5.41) is 29.5. The van der Waals surface area contributed by atoms with Gasteiger partial charge in [-0.15, -0.1) is 0 Å². The molecule has 0 aromatic heterocycles. The first-order valence-corrected chi connectivity index (χ1v) is 10.0. The average Bonchev–Trinajstić information content (AvgIpc) is 2.69. The second kappa shape index (κ2) is 10.5. The summed E-state index contributed by atoms with van der Waals surface area (Å²) in [5.74, 6) is -1.27. The van der Waals surface area contributed by atoms with E-state index in [0.29, 0.717) is 21.7 Å². The van der Waals surface area contributed by atoms with Gasteiger partial charge >= 0.3 is 0 Å². The minimum atomic E-state index is -1.17. The van der Waals surface area contributed by atoms with Crippen LogP contribution in [-0.4, -0.2) is 40.2 Å². The molecule has 7 heteroatoms. The van der Waals surface area contributed by atoms with Crippen molar-refractivity contribution in [2.45, 2.75) is 58.0 Å². The first-order chi connectivity index (χ1) is 13.8. The molecule has 0 spiro atoms. The molecule has 1 saturated heterocycles. The maximum Gasteiger partial charge on any atom is 0.129 e. The van der Waals surface area contributed by atoms with E-state index in [-0.39, 0.29) is 18.4 Å². The molecule has 4 atom stereocenters. The van der Waals surface area contributed by atoms with Gasteiger partial charge in [-0.25, -0.2) is 8.78 Å². The van der Waals surface area contributed by atoms with E-state index in [9.17, 15) is 24.1 Å². The topological polar surface area (TPSA) is 69.9 Å². The molecule has 4 nitrogen and oxygen atoms in total. The molecule has 1 aliphatic rings. The van der Waals surface area contributed by atoms with E-state index in [1.165, 1.54) is 12.1 Å². The fraction of sp³-hybridized carbons (Fsp3) is 0.455. The lowest BCUT2D eigenvalue weighted by molar-refractivity contribution is -0.181. The van der Waals surface area contributed by atoms with Gasteiger partial charge in [-0.3, -0.25) is 0 Å². The van der Waals surface area contributed by atoms with Crippen LogP contribution in [0.5, 0.6) is 0 Å². The Labute approximate surface area is 174 Å². The molecule has 2 aromatic carbocycles. The van der Waals surface area contributed by atoms with Crippen LogP contribution in [0.15, 0.2) is 30.3 Å². The predicted octanol–water partition coefficient (Wildman–Crippen LogP) is 4.09. The summed E-state index contributed by atoms with van der Waals surface area (Å²) in [4.78, 5) is 0. The number of halogens is 3. The van der Waals surface area contributed by atoms with E-state index in [2.05, 4.69) is 0 Å². The largest absolute Gasteiger partial charge is 0.394 e. The van der Waals surface area contributed by atoms with Crippen LogP contribution in [-0.2, 0) is 11.2 Å². The number of rotatable bonds is 4. The minimum absolute atomic E-state index is 0.0358. The van der Waals surface area contributed by atoms with Crippen molar-refractivity contribution in [2.24, 2.45) is 0 Å². The molecular formula is C22H27ClF2O4. The normalized spacial score (nSPS) is 24.0. The average molecular weight is 429 g/mol. The Morgan fingerprint density at radius 2 is 1.72 bits per heavy atom. The van der Waals surface area contributed by atoms with Crippen LogP contribution in [0, 0.1) is 18.6 Å². The third-order valence-corrected chi connectivity index (χ3v) is 5.21. The summed E-state index contributed by atoms with van der Waals surface area (Å²) in [6.07, 6.45) is -3.62. The fourth-order valence-corrected chi connectivity index (χ4v) is 3.52. The molecule has 3 rings (SSSR count). The van der Waals surface area contributed by atoms with Gasteiger partial charge in [-0.05, 0) is 41.8 Å². The Morgan fingerprint density at radius 3 is 2.31 bits per heavy atom. The Balaban J connectivity index is 0.00000145. The standard InChI is InChI=1S/C20H21ClF2O4.C2H6/c1-10-4-15(22)13(16(23)5-10)7-12-6-11(2-3-14(12)21)18-8-17(25)20(26)19(9-24)27-18;1-2/h2-6,17-20,24-26H,7-9H2,1H3;1-2H3/t17-,18-,19-,20+;/m1./s1. The smallest absolute Gasteiger partial charge is 0.129 e. The molecular weight excluding hydrogens is 402 g/mol. The highest BCUT2D eigenvalue weighted by Gasteiger charge is 2.37. The second-order valence-electron chi connectivity index (χ2n) is 6.87. The highest BCUT2D eigenvalue weighted by molar-refractivity contribution is 6.31. The Kier molecular flexibility index (Phi) is 8.55. The van der Waals surface area contributed by atoms with Gasteiger partial charge in [0, 0.05) is 23.4 Å².